The van der Waals surface area contributed by atoms with E-state index in [2.05, 4.69) is 41.7 Å². The standard InChI is InChI=1S/C45H56N4O4/c50-39-26-41(48(29-39)42(51)27-45(36-13-4-1-5-14-36,37-15-6-2-7-16-37)38-17-8-3-9-18-38)44(53)47-24-10-19-40(47)43(52)46-28-35-12-11-25-49(32-35,30-33-20-21-33)31-34-22-23-34/h1-9,13-18,33-35,39-41,50H,10-12,19-32H2/p+1/t35-,39-,40-,41+/m1/s1. The molecule has 0 radical (unpaired) electrons. The van der Waals surface area contributed by atoms with Crippen LogP contribution < -0.4 is 5.32 Å². The average Bonchev–Trinajstić information content (AvgIpc) is 4.10. The number of β-amino-alcohol motifs (C(OH)–C–C–N with tert-alkyl or cyclic N) is 1. The molecule has 3 amide bonds. The lowest BCUT2D eigenvalue weighted by Crippen LogP contribution is -2.58. The second-order valence-corrected chi connectivity index (χ2v) is 17.1. The van der Waals surface area contributed by atoms with Crippen molar-refractivity contribution >= 4 is 17.7 Å². The Morgan fingerprint density at radius 1 is 0.698 bits per heavy atom. The predicted octanol–water partition coefficient (Wildman–Crippen LogP) is 5.53. The third-order valence-corrected chi connectivity index (χ3v) is 13.1. The van der Waals surface area contributed by atoms with Crippen molar-refractivity contribution < 1.29 is 24.0 Å². The first-order chi connectivity index (χ1) is 25.8. The van der Waals surface area contributed by atoms with E-state index in [9.17, 15) is 19.5 Å². The number of carbonyl (C=O) groups excluding carboxylic acids is 3. The van der Waals surface area contributed by atoms with Crippen molar-refractivity contribution in [3.8, 4) is 0 Å². The molecule has 5 fully saturated rings. The van der Waals surface area contributed by atoms with Crippen molar-refractivity contribution in [2.45, 2.75) is 87.8 Å². The van der Waals surface area contributed by atoms with Crippen LogP contribution in [0.1, 0.15) is 80.9 Å². The first-order valence-corrected chi connectivity index (χ1v) is 20.4. The third-order valence-electron chi connectivity index (χ3n) is 13.1. The highest BCUT2D eigenvalue weighted by Gasteiger charge is 2.48. The molecule has 0 unspecified atom stereocenters. The number of quaternary nitrogens is 1. The number of hydrogen-bond donors (Lipinski definition) is 2. The molecule has 8 nitrogen and oxygen atoms in total. The van der Waals surface area contributed by atoms with Gasteiger partial charge in [0.2, 0.25) is 17.7 Å². The molecule has 8 heteroatoms. The summed E-state index contributed by atoms with van der Waals surface area (Å²) >= 11 is 0. The summed E-state index contributed by atoms with van der Waals surface area (Å²) in [6, 6.07) is 28.9. The molecular weight excluding hydrogens is 661 g/mol. The van der Waals surface area contributed by atoms with Crippen LogP contribution in [0.25, 0.3) is 0 Å². The summed E-state index contributed by atoms with van der Waals surface area (Å²) in [7, 11) is 0. The molecule has 3 aromatic rings. The minimum absolute atomic E-state index is 0.0726. The number of benzene rings is 3. The molecular formula is C45H57N4O4+. The van der Waals surface area contributed by atoms with Gasteiger partial charge in [0.25, 0.3) is 0 Å². The van der Waals surface area contributed by atoms with Gasteiger partial charge in [-0.25, -0.2) is 0 Å². The summed E-state index contributed by atoms with van der Waals surface area (Å²) in [5, 5.41) is 14.3. The number of likely N-dealkylation sites (tertiary alicyclic amines) is 3. The van der Waals surface area contributed by atoms with E-state index in [0.29, 0.717) is 25.4 Å². The lowest BCUT2D eigenvalue weighted by Gasteiger charge is -2.45. The summed E-state index contributed by atoms with van der Waals surface area (Å²) in [6.07, 6.45) is 8.73. The Hall–Kier alpha value is -4.01. The third kappa shape index (κ3) is 7.81. The van der Waals surface area contributed by atoms with Gasteiger partial charge in [-0.2, -0.15) is 0 Å². The predicted molar refractivity (Wildman–Crippen MR) is 206 cm³/mol. The number of aliphatic hydroxyl groups excluding tert-OH is 1. The number of nitrogens with zero attached hydrogens (tertiary/aromatic N) is 3. The Bertz CT molecular complexity index is 1620. The first-order valence-electron chi connectivity index (χ1n) is 20.4. The fraction of sp³-hybridized carbons (Fsp3) is 0.533. The Morgan fingerprint density at radius 2 is 1.26 bits per heavy atom. The number of aliphatic hydroxyl groups is 1. The second-order valence-electron chi connectivity index (χ2n) is 17.1. The zero-order chi connectivity index (χ0) is 36.4. The normalized spacial score (nSPS) is 25.7. The molecule has 0 aromatic heterocycles. The highest BCUT2D eigenvalue weighted by molar-refractivity contribution is 5.93. The molecule has 5 aliphatic rings. The monoisotopic (exact) mass is 717 g/mol. The highest BCUT2D eigenvalue weighted by atomic mass is 16.3. The molecule has 2 saturated carbocycles. The Labute approximate surface area is 315 Å². The number of piperidine rings is 1. The maximum Gasteiger partial charge on any atom is 0.246 e. The van der Waals surface area contributed by atoms with E-state index in [4.69, 9.17) is 0 Å². The zero-order valence-electron chi connectivity index (χ0n) is 31.2. The van der Waals surface area contributed by atoms with E-state index in [0.717, 1.165) is 47.9 Å². The van der Waals surface area contributed by atoms with Gasteiger partial charge in [-0.05, 0) is 68.1 Å². The van der Waals surface area contributed by atoms with Crippen LogP contribution in [0.5, 0.6) is 0 Å². The summed E-state index contributed by atoms with van der Waals surface area (Å²) in [6.45, 7) is 6.33. The zero-order valence-corrected chi connectivity index (χ0v) is 31.2. The summed E-state index contributed by atoms with van der Waals surface area (Å²) in [4.78, 5) is 46.3. The smallest absolute Gasteiger partial charge is 0.246 e. The summed E-state index contributed by atoms with van der Waals surface area (Å²) < 4.78 is 1.25. The van der Waals surface area contributed by atoms with E-state index in [1.54, 1.807) is 9.80 Å². The van der Waals surface area contributed by atoms with Crippen molar-refractivity contribution in [1.29, 1.82) is 0 Å². The molecule has 3 saturated heterocycles. The summed E-state index contributed by atoms with van der Waals surface area (Å²) in [5.41, 5.74) is 2.14. The van der Waals surface area contributed by atoms with Gasteiger partial charge in [-0.15, -0.1) is 0 Å². The van der Waals surface area contributed by atoms with Gasteiger partial charge in [0.15, 0.2) is 0 Å². The van der Waals surface area contributed by atoms with Crippen LogP contribution in [0.3, 0.4) is 0 Å². The molecule has 4 atom stereocenters. The lowest BCUT2D eigenvalue weighted by molar-refractivity contribution is -0.939. The molecule has 3 aromatic carbocycles. The molecule has 2 N–H and O–H groups in total. The van der Waals surface area contributed by atoms with Crippen LogP contribution in [0.4, 0.5) is 0 Å². The van der Waals surface area contributed by atoms with Crippen LogP contribution in [-0.4, -0.2) is 101 Å². The van der Waals surface area contributed by atoms with E-state index >= 15 is 0 Å². The van der Waals surface area contributed by atoms with Gasteiger partial charge >= 0.3 is 0 Å². The van der Waals surface area contributed by atoms with Crippen LogP contribution in [0.15, 0.2) is 91.0 Å². The van der Waals surface area contributed by atoms with Crippen LogP contribution in [0.2, 0.25) is 0 Å². The molecule has 3 heterocycles. The minimum atomic E-state index is -0.815. The second kappa shape index (κ2) is 15.4. The fourth-order valence-corrected chi connectivity index (χ4v) is 10.2. The Kier molecular flexibility index (Phi) is 10.4. The van der Waals surface area contributed by atoms with Gasteiger partial charge in [0.1, 0.15) is 12.1 Å². The Morgan fingerprint density at radius 3 is 1.81 bits per heavy atom. The van der Waals surface area contributed by atoms with E-state index in [1.807, 2.05) is 54.6 Å². The molecule has 280 valence electrons. The van der Waals surface area contributed by atoms with Gasteiger partial charge in [0.05, 0.1) is 37.7 Å². The van der Waals surface area contributed by atoms with Gasteiger partial charge in [0, 0.05) is 50.2 Å². The van der Waals surface area contributed by atoms with Crippen molar-refractivity contribution in [3.05, 3.63) is 108 Å². The van der Waals surface area contributed by atoms with Crippen LogP contribution >= 0.6 is 0 Å². The van der Waals surface area contributed by atoms with Crippen molar-refractivity contribution in [1.82, 2.24) is 15.1 Å². The summed E-state index contributed by atoms with van der Waals surface area (Å²) in [5.74, 6) is 1.77. The number of nitrogens with one attached hydrogen (secondary N) is 1. The number of carbonyl (C=O) groups is 3. The number of amides is 3. The number of hydrogen-bond acceptors (Lipinski definition) is 4. The van der Waals surface area contributed by atoms with Crippen LogP contribution in [-0.2, 0) is 19.8 Å². The van der Waals surface area contributed by atoms with Gasteiger partial charge in [-0.3, -0.25) is 14.4 Å². The Balaban J connectivity index is 0.979. The molecule has 0 bridgehead atoms. The first kappa shape index (κ1) is 36.0. The van der Waals surface area contributed by atoms with Crippen molar-refractivity contribution in [3.63, 3.8) is 0 Å². The maximum absolute atomic E-state index is 14.7. The highest BCUT2D eigenvalue weighted by Crippen LogP contribution is 2.44. The van der Waals surface area contributed by atoms with E-state index in [-0.39, 0.29) is 37.1 Å². The van der Waals surface area contributed by atoms with Gasteiger partial charge < -0.3 is 24.7 Å². The van der Waals surface area contributed by atoms with E-state index < -0.39 is 23.6 Å². The molecule has 8 rings (SSSR count). The average molecular weight is 718 g/mol. The fourth-order valence-electron chi connectivity index (χ4n) is 10.2. The van der Waals surface area contributed by atoms with Crippen molar-refractivity contribution in [2.24, 2.45) is 17.8 Å². The van der Waals surface area contributed by atoms with Crippen LogP contribution in [0, 0.1) is 17.8 Å². The topological polar surface area (TPSA) is 89.9 Å². The largest absolute Gasteiger partial charge is 0.391 e. The lowest BCUT2D eigenvalue weighted by atomic mass is 9.67. The van der Waals surface area contributed by atoms with Gasteiger partial charge in [-0.1, -0.05) is 91.0 Å². The SMILES string of the molecule is O=C(NC[C@H]1CCC[N+](CC2CC2)(CC2CC2)C1)[C@H]1CCCN1C(=O)[C@@H]1C[C@@H](O)CN1C(=O)CC(c1ccccc1)(c1ccccc1)c1ccccc1. The molecule has 53 heavy (non-hydrogen) atoms. The molecule has 0 spiro atoms. The molecule has 3 aliphatic heterocycles. The molecule has 2 aliphatic carbocycles. The van der Waals surface area contributed by atoms with E-state index in [1.165, 1.54) is 56.2 Å². The number of rotatable bonds is 13. The minimum Gasteiger partial charge on any atom is -0.391 e. The maximum atomic E-state index is 14.7. The van der Waals surface area contributed by atoms with Crippen molar-refractivity contribution in [2.75, 3.05) is 45.8 Å². The quantitative estimate of drug-likeness (QED) is 0.180.